The summed E-state index contributed by atoms with van der Waals surface area (Å²) in [7, 11) is 0. The highest BCUT2D eigenvalue weighted by Gasteiger charge is 2.49. The molecule has 0 aliphatic carbocycles. The summed E-state index contributed by atoms with van der Waals surface area (Å²) in [6.07, 6.45) is 0.230. The van der Waals surface area contributed by atoms with Gasteiger partial charge >= 0.3 is 11.9 Å². The maximum atomic E-state index is 12.2. The Hall–Kier alpha value is -2.97. The van der Waals surface area contributed by atoms with E-state index in [0.717, 1.165) is 6.07 Å². The molecule has 1 rings (SSSR count). The van der Waals surface area contributed by atoms with E-state index in [0.29, 0.717) is 12.8 Å². The Morgan fingerprint density at radius 3 is 2.20 bits per heavy atom. The molecule has 1 aromatic rings. The highest BCUT2D eigenvalue weighted by molar-refractivity contribution is 6.06. The van der Waals surface area contributed by atoms with E-state index < -0.39 is 40.6 Å². The van der Waals surface area contributed by atoms with Crippen LogP contribution in [0.3, 0.4) is 0 Å². The lowest BCUT2D eigenvalue weighted by atomic mass is 9.89. The molecule has 0 bridgehead atoms. The zero-order valence-corrected chi connectivity index (χ0v) is 13.9. The van der Waals surface area contributed by atoms with Crippen molar-refractivity contribution in [2.45, 2.75) is 38.6 Å². The molecule has 0 unspecified atom stereocenters. The number of non-ortho nitro benzene ring substituents is 1. The Morgan fingerprint density at radius 1 is 1.20 bits per heavy atom. The van der Waals surface area contributed by atoms with Crippen LogP contribution >= 0.6 is 0 Å². The SMILES string of the molecule is CCC(CC)C(=O)NC(Cc1cccc([N+](=O)[O-])c1)(C(=O)O)C(=O)O. The zero-order valence-electron chi connectivity index (χ0n) is 13.9. The molecule has 0 aromatic heterocycles. The molecule has 0 radical (unpaired) electrons. The Labute approximate surface area is 143 Å². The molecule has 3 N–H and O–H groups in total. The zero-order chi connectivity index (χ0) is 19.2. The summed E-state index contributed by atoms with van der Waals surface area (Å²) in [6.45, 7) is 3.47. The predicted octanol–water partition coefficient (Wildman–Crippen LogP) is 1.60. The maximum absolute atomic E-state index is 12.2. The minimum absolute atomic E-state index is 0.115. The van der Waals surface area contributed by atoms with E-state index in [9.17, 15) is 34.7 Å². The second kappa shape index (κ2) is 8.22. The molecule has 136 valence electrons. The van der Waals surface area contributed by atoms with E-state index >= 15 is 0 Å². The number of nitrogens with zero attached hydrogens (tertiary/aromatic N) is 1. The molecule has 1 amide bonds. The van der Waals surface area contributed by atoms with Crippen molar-refractivity contribution in [3.63, 3.8) is 0 Å². The number of hydrogen-bond acceptors (Lipinski definition) is 5. The number of carbonyl (C=O) groups excluding carboxylic acids is 1. The van der Waals surface area contributed by atoms with Crippen molar-refractivity contribution in [2.75, 3.05) is 0 Å². The van der Waals surface area contributed by atoms with Gasteiger partial charge in [-0.2, -0.15) is 0 Å². The molecule has 9 nitrogen and oxygen atoms in total. The van der Waals surface area contributed by atoms with E-state index in [1.165, 1.54) is 18.2 Å². The van der Waals surface area contributed by atoms with Crippen LogP contribution in [-0.2, 0) is 20.8 Å². The molecule has 9 heteroatoms. The van der Waals surface area contributed by atoms with Gasteiger partial charge < -0.3 is 15.5 Å². The average molecular weight is 352 g/mol. The van der Waals surface area contributed by atoms with Gasteiger partial charge in [-0.05, 0) is 18.4 Å². The van der Waals surface area contributed by atoms with Crippen molar-refractivity contribution >= 4 is 23.5 Å². The van der Waals surface area contributed by atoms with Gasteiger partial charge in [0.1, 0.15) is 0 Å². The largest absolute Gasteiger partial charge is 0.479 e. The van der Waals surface area contributed by atoms with Gasteiger partial charge in [0.25, 0.3) is 5.69 Å². The Bertz CT molecular complexity index is 669. The molecule has 0 aliphatic heterocycles. The normalized spacial score (nSPS) is 11.2. The number of amides is 1. The Morgan fingerprint density at radius 2 is 1.76 bits per heavy atom. The van der Waals surface area contributed by atoms with Crippen molar-refractivity contribution in [2.24, 2.45) is 5.92 Å². The van der Waals surface area contributed by atoms with Crippen LogP contribution in [0.1, 0.15) is 32.3 Å². The highest BCUT2D eigenvalue weighted by Crippen LogP contribution is 2.21. The predicted molar refractivity (Wildman–Crippen MR) is 87.0 cm³/mol. The van der Waals surface area contributed by atoms with E-state index in [4.69, 9.17) is 0 Å². The fourth-order valence-corrected chi connectivity index (χ4v) is 2.45. The van der Waals surface area contributed by atoms with E-state index in [1.807, 2.05) is 0 Å². The third-order valence-corrected chi connectivity index (χ3v) is 4.01. The number of carboxylic acids is 2. The van der Waals surface area contributed by atoms with Crippen LogP contribution in [0.15, 0.2) is 24.3 Å². The molecule has 0 spiro atoms. The Kier molecular flexibility index (Phi) is 6.60. The lowest BCUT2D eigenvalue weighted by Crippen LogP contribution is -2.62. The van der Waals surface area contributed by atoms with E-state index in [2.05, 4.69) is 5.32 Å². The average Bonchev–Trinajstić information content (AvgIpc) is 2.55. The second-order valence-electron chi connectivity index (χ2n) is 5.62. The number of rotatable bonds is 9. The van der Waals surface area contributed by atoms with Crippen LogP contribution in [0.2, 0.25) is 0 Å². The molecule has 0 atom stereocenters. The number of benzene rings is 1. The lowest BCUT2D eigenvalue weighted by Gasteiger charge is -2.28. The van der Waals surface area contributed by atoms with Gasteiger partial charge in [0.05, 0.1) is 4.92 Å². The van der Waals surface area contributed by atoms with Crippen molar-refractivity contribution in [1.82, 2.24) is 5.32 Å². The Balaban J connectivity index is 3.27. The summed E-state index contributed by atoms with van der Waals surface area (Å²) in [5.74, 6) is -4.69. The van der Waals surface area contributed by atoms with Crippen LogP contribution < -0.4 is 5.32 Å². The molecular weight excluding hydrogens is 332 g/mol. The van der Waals surface area contributed by atoms with Gasteiger partial charge in [0, 0.05) is 24.5 Å². The molecule has 25 heavy (non-hydrogen) atoms. The number of hydrogen-bond donors (Lipinski definition) is 3. The van der Waals surface area contributed by atoms with Crippen molar-refractivity contribution in [1.29, 1.82) is 0 Å². The van der Waals surface area contributed by atoms with Crippen LogP contribution in [-0.4, -0.2) is 38.5 Å². The summed E-state index contributed by atoms with van der Waals surface area (Å²) in [5.41, 5.74) is -2.79. The first-order valence-corrected chi connectivity index (χ1v) is 7.70. The van der Waals surface area contributed by atoms with Crippen LogP contribution in [0.25, 0.3) is 0 Å². The molecule has 0 aliphatic rings. The van der Waals surface area contributed by atoms with Crippen molar-refractivity contribution < 1.29 is 29.5 Å². The monoisotopic (exact) mass is 352 g/mol. The summed E-state index contributed by atoms with van der Waals surface area (Å²) in [5, 5.41) is 31.9. The second-order valence-corrected chi connectivity index (χ2v) is 5.62. The number of aliphatic carboxylic acids is 2. The highest BCUT2D eigenvalue weighted by atomic mass is 16.6. The third-order valence-electron chi connectivity index (χ3n) is 4.01. The standard InChI is InChI=1S/C16H20N2O7/c1-3-11(4-2)13(19)17-16(14(20)21,15(22)23)9-10-6-5-7-12(8-10)18(24)25/h5-8,11H,3-4,9H2,1-2H3,(H,17,19)(H,20,21)(H,22,23). The fraction of sp³-hybridized carbons (Fsp3) is 0.438. The number of nitro benzene ring substituents is 1. The number of nitrogens with one attached hydrogen (secondary N) is 1. The number of carboxylic acid groups (broad SMARTS) is 2. The molecule has 0 heterocycles. The van der Waals surface area contributed by atoms with Gasteiger partial charge in [-0.15, -0.1) is 0 Å². The van der Waals surface area contributed by atoms with E-state index in [-0.39, 0.29) is 11.3 Å². The third kappa shape index (κ3) is 4.52. The summed E-state index contributed by atoms with van der Waals surface area (Å²) in [4.78, 5) is 45.8. The maximum Gasteiger partial charge on any atom is 0.341 e. The first-order valence-electron chi connectivity index (χ1n) is 7.70. The van der Waals surface area contributed by atoms with Crippen LogP contribution in [0.5, 0.6) is 0 Å². The number of carbonyl (C=O) groups is 3. The van der Waals surface area contributed by atoms with Gasteiger partial charge in [-0.1, -0.05) is 26.0 Å². The molecular formula is C16H20N2O7. The molecule has 0 fully saturated rings. The molecule has 1 aromatic carbocycles. The van der Waals surface area contributed by atoms with Gasteiger partial charge in [0.15, 0.2) is 0 Å². The number of nitro groups is 1. The first kappa shape index (κ1) is 20.1. The molecule has 0 saturated heterocycles. The van der Waals surface area contributed by atoms with E-state index in [1.54, 1.807) is 13.8 Å². The van der Waals surface area contributed by atoms with Gasteiger partial charge in [0.2, 0.25) is 11.4 Å². The summed E-state index contributed by atoms with van der Waals surface area (Å²) in [6, 6.07) is 4.99. The minimum atomic E-state index is -2.60. The van der Waals surface area contributed by atoms with Crippen LogP contribution in [0, 0.1) is 16.0 Å². The smallest absolute Gasteiger partial charge is 0.341 e. The lowest BCUT2D eigenvalue weighted by molar-refractivity contribution is -0.384. The van der Waals surface area contributed by atoms with Crippen molar-refractivity contribution in [3.05, 3.63) is 39.9 Å². The van der Waals surface area contributed by atoms with Gasteiger partial charge in [-0.3, -0.25) is 14.9 Å². The minimum Gasteiger partial charge on any atom is -0.479 e. The fourth-order valence-electron chi connectivity index (χ4n) is 2.45. The quantitative estimate of drug-likeness (QED) is 0.347. The first-order chi connectivity index (χ1) is 11.7. The van der Waals surface area contributed by atoms with Crippen LogP contribution in [0.4, 0.5) is 5.69 Å². The van der Waals surface area contributed by atoms with Crippen molar-refractivity contribution in [3.8, 4) is 0 Å². The summed E-state index contributed by atoms with van der Waals surface area (Å²) < 4.78 is 0. The topological polar surface area (TPSA) is 147 Å². The molecule has 0 saturated carbocycles. The summed E-state index contributed by atoms with van der Waals surface area (Å²) >= 11 is 0. The van der Waals surface area contributed by atoms with Gasteiger partial charge in [-0.25, -0.2) is 9.59 Å².